The molecule has 2 atom stereocenters. The number of hydrogen-bond acceptors (Lipinski definition) is 4. The van der Waals surface area contributed by atoms with Crippen LogP contribution in [0.3, 0.4) is 0 Å². The summed E-state index contributed by atoms with van der Waals surface area (Å²) in [5, 5.41) is 11.0. The second-order valence-corrected chi connectivity index (χ2v) is 9.32. The zero-order valence-corrected chi connectivity index (χ0v) is 19.3. The van der Waals surface area contributed by atoms with Crippen molar-refractivity contribution in [1.82, 2.24) is 14.8 Å². The lowest BCUT2D eigenvalue weighted by molar-refractivity contribution is 0.0606. The number of nitrogens with one attached hydrogen (secondary N) is 1. The van der Waals surface area contributed by atoms with Crippen LogP contribution in [0.1, 0.15) is 46.6 Å². The number of fused-ring (bicyclic) bond motifs is 3. The second kappa shape index (κ2) is 8.92. The van der Waals surface area contributed by atoms with E-state index in [0.29, 0.717) is 32.1 Å². The van der Waals surface area contributed by atoms with Gasteiger partial charge >= 0.3 is 0 Å². The number of piperazine rings is 1. The van der Waals surface area contributed by atoms with Gasteiger partial charge in [-0.05, 0) is 66.6 Å². The predicted molar refractivity (Wildman–Crippen MR) is 128 cm³/mol. The van der Waals surface area contributed by atoms with Crippen molar-refractivity contribution in [2.45, 2.75) is 32.2 Å². The molecule has 0 saturated carbocycles. The maximum Gasteiger partial charge on any atom is 0.253 e. The molecule has 0 radical (unpaired) electrons. The Morgan fingerprint density at radius 1 is 1.15 bits per heavy atom. The highest BCUT2D eigenvalue weighted by atomic mass is 16.5. The fourth-order valence-electron chi connectivity index (χ4n) is 5.24. The summed E-state index contributed by atoms with van der Waals surface area (Å²) in [5.41, 5.74) is 5.56. The van der Waals surface area contributed by atoms with Crippen LogP contribution in [-0.2, 0) is 12.8 Å². The van der Waals surface area contributed by atoms with Gasteiger partial charge < -0.3 is 14.6 Å². The summed E-state index contributed by atoms with van der Waals surface area (Å²) in [6, 6.07) is 15.8. The molecule has 1 fully saturated rings. The van der Waals surface area contributed by atoms with Gasteiger partial charge in [0.2, 0.25) is 0 Å². The molecule has 5 rings (SSSR count). The summed E-state index contributed by atoms with van der Waals surface area (Å²) in [7, 11) is 1.63. The van der Waals surface area contributed by atoms with Crippen LogP contribution in [0.5, 0.6) is 5.75 Å². The van der Waals surface area contributed by atoms with E-state index in [9.17, 15) is 10.1 Å². The van der Waals surface area contributed by atoms with Gasteiger partial charge in [-0.2, -0.15) is 5.26 Å². The third-order valence-electron chi connectivity index (χ3n) is 7.20. The molecule has 2 aliphatic rings. The lowest BCUT2D eigenvalue weighted by Gasteiger charge is -2.37. The fourth-order valence-corrected chi connectivity index (χ4v) is 5.24. The number of aryl methyl sites for hydroxylation is 1. The van der Waals surface area contributed by atoms with Gasteiger partial charge in [0.05, 0.1) is 13.2 Å². The van der Waals surface area contributed by atoms with Crippen molar-refractivity contribution >= 4 is 16.8 Å². The molecule has 0 bridgehead atoms. The van der Waals surface area contributed by atoms with Crippen LogP contribution in [0.25, 0.3) is 10.9 Å². The first-order valence-electron chi connectivity index (χ1n) is 11.8. The number of amides is 1. The number of carbonyl (C=O) groups excluding carboxylic acids is 1. The molecule has 6 heteroatoms. The van der Waals surface area contributed by atoms with Crippen LogP contribution >= 0.6 is 0 Å². The van der Waals surface area contributed by atoms with E-state index < -0.39 is 0 Å². The topological polar surface area (TPSA) is 72.4 Å². The maximum atomic E-state index is 13.3. The SMILES string of the molecule is COc1ccc([C@@H](C#N)N2CCN(C(=O)c3ccc4[nH]c5c(c4c3)C[C@H](C)CC5)CC2)cc1. The summed E-state index contributed by atoms with van der Waals surface area (Å²) in [6.45, 7) is 4.89. The minimum Gasteiger partial charge on any atom is -0.497 e. The van der Waals surface area contributed by atoms with E-state index in [4.69, 9.17) is 4.74 Å². The second-order valence-electron chi connectivity index (χ2n) is 9.32. The molecule has 1 aliphatic heterocycles. The summed E-state index contributed by atoms with van der Waals surface area (Å²) in [4.78, 5) is 20.9. The highest BCUT2D eigenvalue weighted by Gasteiger charge is 2.28. The van der Waals surface area contributed by atoms with Crippen LogP contribution < -0.4 is 4.74 Å². The molecule has 6 nitrogen and oxygen atoms in total. The number of aromatic amines is 1. The van der Waals surface area contributed by atoms with Crippen molar-refractivity contribution in [2.75, 3.05) is 33.3 Å². The van der Waals surface area contributed by atoms with E-state index >= 15 is 0 Å². The largest absolute Gasteiger partial charge is 0.497 e. The van der Waals surface area contributed by atoms with Crippen LogP contribution in [0.2, 0.25) is 0 Å². The molecule has 33 heavy (non-hydrogen) atoms. The molecule has 1 aromatic heterocycles. The Labute approximate surface area is 194 Å². The van der Waals surface area contributed by atoms with Crippen molar-refractivity contribution < 1.29 is 9.53 Å². The van der Waals surface area contributed by atoms with E-state index in [-0.39, 0.29) is 11.9 Å². The first kappa shape index (κ1) is 21.5. The summed E-state index contributed by atoms with van der Waals surface area (Å²) in [6.07, 6.45) is 3.38. The number of rotatable bonds is 4. The Morgan fingerprint density at radius 2 is 1.91 bits per heavy atom. The smallest absolute Gasteiger partial charge is 0.253 e. The van der Waals surface area contributed by atoms with Gasteiger partial charge in [0, 0.05) is 48.3 Å². The standard InChI is InChI=1S/C27H30N4O2/c1-18-3-9-24-22(15-18)23-16-20(6-10-25(23)29-24)27(32)31-13-11-30(12-14-31)26(17-28)19-4-7-21(33-2)8-5-19/h4-8,10,16,18,26,29H,3,9,11-15H2,1-2H3/t18-,26-/m1/s1. The van der Waals surface area contributed by atoms with E-state index in [1.54, 1.807) is 7.11 Å². The predicted octanol–water partition coefficient (Wildman–Crippen LogP) is 4.32. The average Bonchev–Trinajstić information content (AvgIpc) is 3.22. The zero-order chi connectivity index (χ0) is 22.9. The number of nitrogens with zero attached hydrogens (tertiary/aromatic N) is 3. The molecule has 1 aliphatic carbocycles. The van der Waals surface area contributed by atoms with Crippen LogP contribution in [0, 0.1) is 17.2 Å². The maximum absolute atomic E-state index is 13.3. The van der Waals surface area contributed by atoms with Crippen LogP contribution in [-0.4, -0.2) is 54.0 Å². The highest BCUT2D eigenvalue weighted by molar-refractivity contribution is 5.99. The summed E-state index contributed by atoms with van der Waals surface area (Å²) < 4.78 is 5.23. The third-order valence-corrected chi connectivity index (χ3v) is 7.20. The van der Waals surface area contributed by atoms with Crippen molar-refractivity contribution in [3.63, 3.8) is 0 Å². The lowest BCUT2D eigenvalue weighted by atomic mass is 9.87. The van der Waals surface area contributed by atoms with Gasteiger partial charge in [-0.15, -0.1) is 0 Å². The Bertz CT molecular complexity index is 1200. The molecule has 1 saturated heterocycles. The van der Waals surface area contributed by atoms with Gasteiger partial charge in [-0.3, -0.25) is 9.69 Å². The van der Waals surface area contributed by atoms with Gasteiger partial charge in [-0.1, -0.05) is 19.1 Å². The Kier molecular flexibility index (Phi) is 5.82. The monoisotopic (exact) mass is 442 g/mol. The minimum absolute atomic E-state index is 0.0771. The molecule has 170 valence electrons. The van der Waals surface area contributed by atoms with Crippen molar-refractivity contribution in [3.8, 4) is 11.8 Å². The first-order chi connectivity index (χ1) is 16.1. The number of methoxy groups -OCH3 is 1. The quantitative estimate of drug-likeness (QED) is 0.653. The lowest BCUT2D eigenvalue weighted by Crippen LogP contribution is -2.49. The average molecular weight is 443 g/mol. The number of benzene rings is 2. The van der Waals surface area contributed by atoms with Crippen molar-refractivity contribution in [3.05, 3.63) is 64.8 Å². The summed E-state index contributed by atoms with van der Waals surface area (Å²) in [5.74, 6) is 1.54. The van der Waals surface area contributed by atoms with E-state index in [1.807, 2.05) is 35.2 Å². The third kappa shape index (κ3) is 4.09. The number of aromatic nitrogens is 1. The van der Waals surface area contributed by atoms with Crippen LogP contribution in [0.4, 0.5) is 0 Å². The molecule has 3 aromatic rings. The Balaban J connectivity index is 1.29. The normalized spacial score (nSPS) is 19.7. The first-order valence-corrected chi connectivity index (χ1v) is 11.8. The van der Waals surface area contributed by atoms with Crippen LogP contribution in [0.15, 0.2) is 42.5 Å². The van der Waals surface area contributed by atoms with Crippen molar-refractivity contribution in [2.24, 2.45) is 5.92 Å². The molecular weight excluding hydrogens is 412 g/mol. The van der Waals surface area contributed by atoms with Crippen molar-refractivity contribution in [1.29, 1.82) is 5.26 Å². The molecule has 1 N–H and O–H groups in total. The molecule has 2 aromatic carbocycles. The van der Waals surface area contributed by atoms with E-state index in [0.717, 1.165) is 35.2 Å². The number of nitriles is 1. The Morgan fingerprint density at radius 3 is 2.61 bits per heavy atom. The number of carbonyl (C=O) groups is 1. The zero-order valence-electron chi connectivity index (χ0n) is 19.3. The number of hydrogen-bond donors (Lipinski definition) is 1. The summed E-state index contributed by atoms with van der Waals surface area (Å²) >= 11 is 0. The molecule has 1 amide bonds. The molecule has 0 unspecified atom stereocenters. The van der Waals surface area contributed by atoms with Gasteiger partial charge in [0.25, 0.3) is 5.91 Å². The van der Waals surface area contributed by atoms with Gasteiger partial charge in [-0.25, -0.2) is 0 Å². The van der Waals surface area contributed by atoms with E-state index in [1.165, 1.54) is 23.1 Å². The highest BCUT2D eigenvalue weighted by Crippen LogP contribution is 2.32. The minimum atomic E-state index is -0.321. The molecule has 2 heterocycles. The number of ether oxygens (including phenoxy) is 1. The molecule has 0 spiro atoms. The van der Waals surface area contributed by atoms with E-state index in [2.05, 4.69) is 35.0 Å². The van der Waals surface area contributed by atoms with Gasteiger partial charge in [0.1, 0.15) is 11.8 Å². The van der Waals surface area contributed by atoms with Gasteiger partial charge in [0.15, 0.2) is 0 Å². The Hall–Kier alpha value is -3.30. The molecular formula is C27H30N4O2. The fraction of sp³-hybridized carbons (Fsp3) is 0.407. The number of H-pyrrole nitrogens is 1.